The van der Waals surface area contributed by atoms with E-state index in [9.17, 15) is 14.0 Å². The lowest BCUT2D eigenvalue weighted by Gasteiger charge is -2.24. The molecule has 3 aromatic rings. The number of carboxylic acid groups (broad SMARTS) is 1. The summed E-state index contributed by atoms with van der Waals surface area (Å²) in [5.74, 6) is -0.969. The lowest BCUT2D eigenvalue weighted by Crippen LogP contribution is -2.33. The van der Waals surface area contributed by atoms with Crippen molar-refractivity contribution in [3.8, 4) is 5.75 Å². The van der Waals surface area contributed by atoms with Crippen LogP contribution in [-0.4, -0.2) is 34.0 Å². The van der Waals surface area contributed by atoms with Crippen molar-refractivity contribution in [2.24, 2.45) is 0 Å². The molecule has 1 heterocycles. The molecular formula is C27H25ClFNO4. The number of carbonyl (C=O) groups excluding carboxylic acids is 1. The van der Waals surface area contributed by atoms with Crippen LogP contribution in [0.15, 0.2) is 66.7 Å². The fraction of sp³-hybridized carbons (Fsp3) is 0.259. The summed E-state index contributed by atoms with van der Waals surface area (Å²) >= 11 is 5.79. The molecule has 5 nitrogen and oxygen atoms in total. The van der Waals surface area contributed by atoms with Gasteiger partial charge in [-0.1, -0.05) is 48.0 Å². The third-order valence-corrected chi connectivity index (χ3v) is 6.20. The Hall–Kier alpha value is -3.38. The molecular weight excluding hydrogens is 457 g/mol. The first-order chi connectivity index (χ1) is 16.2. The van der Waals surface area contributed by atoms with Crippen LogP contribution in [0.1, 0.15) is 40.4 Å². The third-order valence-electron chi connectivity index (χ3n) is 5.89. The van der Waals surface area contributed by atoms with E-state index in [-0.39, 0.29) is 23.9 Å². The first-order valence-corrected chi connectivity index (χ1v) is 11.4. The van der Waals surface area contributed by atoms with Gasteiger partial charge >= 0.3 is 5.97 Å². The van der Waals surface area contributed by atoms with Crippen molar-refractivity contribution in [1.29, 1.82) is 0 Å². The van der Waals surface area contributed by atoms with E-state index >= 15 is 0 Å². The second-order valence-corrected chi connectivity index (χ2v) is 9.24. The van der Waals surface area contributed by atoms with Crippen LogP contribution in [0.25, 0.3) is 0 Å². The summed E-state index contributed by atoms with van der Waals surface area (Å²) in [7, 11) is 0. The zero-order chi connectivity index (χ0) is 24.3. The number of benzene rings is 3. The van der Waals surface area contributed by atoms with Crippen LogP contribution in [0.5, 0.6) is 5.75 Å². The fourth-order valence-electron chi connectivity index (χ4n) is 4.30. The zero-order valence-corrected chi connectivity index (χ0v) is 19.5. The number of hydrogen-bond donors (Lipinski definition) is 1. The Morgan fingerprint density at radius 3 is 2.56 bits per heavy atom. The van der Waals surface area contributed by atoms with Gasteiger partial charge < -0.3 is 14.7 Å². The highest BCUT2D eigenvalue weighted by Crippen LogP contribution is 2.38. The molecule has 0 spiro atoms. The first kappa shape index (κ1) is 23.8. The smallest absolute Gasteiger partial charge is 0.305 e. The van der Waals surface area contributed by atoms with E-state index in [0.717, 1.165) is 16.7 Å². The number of aliphatic carboxylic acids is 1. The Morgan fingerprint density at radius 2 is 1.85 bits per heavy atom. The SMILES string of the molecule is C[C@]1(Cc2ccc(Cl)c(F)c2)Cc2cc(C(=O)N(CCC(=O)O)Cc3ccccc3)ccc2O1. The van der Waals surface area contributed by atoms with Gasteiger partial charge in [0.15, 0.2) is 0 Å². The zero-order valence-electron chi connectivity index (χ0n) is 18.8. The molecule has 34 heavy (non-hydrogen) atoms. The predicted molar refractivity (Wildman–Crippen MR) is 128 cm³/mol. The van der Waals surface area contributed by atoms with Crippen LogP contribution < -0.4 is 4.74 Å². The van der Waals surface area contributed by atoms with Crippen LogP contribution in [0.2, 0.25) is 5.02 Å². The van der Waals surface area contributed by atoms with Gasteiger partial charge in [0.05, 0.1) is 11.4 Å². The molecule has 1 aliphatic rings. The predicted octanol–water partition coefficient (Wildman–Crippen LogP) is 5.53. The van der Waals surface area contributed by atoms with Gasteiger partial charge in [0.2, 0.25) is 0 Å². The monoisotopic (exact) mass is 481 g/mol. The highest BCUT2D eigenvalue weighted by Gasteiger charge is 2.35. The van der Waals surface area contributed by atoms with E-state index in [4.69, 9.17) is 21.4 Å². The van der Waals surface area contributed by atoms with Crippen molar-refractivity contribution < 1.29 is 23.8 Å². The summed E-state index contributed by atoms with van der Waals surface area (Å²) in [4.78, 5) is 26.0. The molecule has 1 aliphatic heterocycles. The summed E-state index contributed by atoms with van der Waals surface area (Å²) in [5.41, 5.74) is 2.48. The first-order valence-electron chi connectivity index (χ1n) is 11.0. The number of hydrogen-bond acceptors (Lipinski definition) is 3. The minimum atomic E-state index is -0.956. The molecule has 0 bridgehead atoms. The lowest BCUT2D eigenvalue weighted by molar-refractivity contribution is -0.137. The summed E-state index contributed by atoms with van der Waals surface area (Å²) in [6.45, 7) is 2.38. The number of ether oxygens (including phenoxy) is 1. The van der Waals surface area contributed by atoms with Gasteiger partial charge in [0.25, 0.3) is 5.91 Å². The van der Waals surface area contributed by atoms with E-state index in [1.807, 2.05) is 43.3 Å². The summed E-state index contributed by atoms with van der Waals surface area (Å²) in [6.07, 6.45) is 0.904. The molecule has 1 amide bonds. The van der Waals surface area contributed by atoms with Crippen LogP contribution in [-0.2, 0) is 24.2 Å². The molecule has 0 radical (unpaired) electrons. The number of fused-ring (bicyclic) bond motifs is 1. The Morgan fingerprint density at radius 1 is 1.09 bits per heavy atom. The number of nitrogens with zero attached hydrogens (tertiary/aromatic N) is 1. The second-order valence-electron chi connectivity index (χ2n) is 8.83. The molecule has 0 saturated carbocycles. The minimum Gasteiger partial charge on any atom is -0.487 e. The topological polar surface area (TPSA) is 66.8 Å². The summed E-state index contributed by atoms with van der Waals surface area (Å²) in [5, 5.41) is 9.21. The largest absolute Gasteiger partial charge is 0.487 e. The second kappa shape index (κ2) is 9.85. The number of carbonyl (C=O) groups is 2. The Bertz CT molecular complexity index is 1220. The number of carboxylic acids is 1. The van der Waals surface area contributed by atoms with E-state index in [0.29, 0.717) is 30.7 Å². The Balaban J connectivity index is 1.52. The maximum absolute atomic E-state index is 13.9. The molecule has 4 rings (SSSR count). The normalized spacial score (nSPS) is 16.6. The van der Waals surface area contributed by atoms with Crippen LogP contribution in [0.4, 0.5) is 4.39 Å². The molecule has 0 aromatic heterocycles. The van der Waals surface area contributed by atoms with Crippen molar-refractivity contribution in [3.63, 3.8) is 0 Å². The molecule has 0 aliphatic carbocycles. The highest BCUT2D eigenvalue weighted by molar-refractivity contribution is 6.30. The molecule has 3 aromatic carbocycles. The van der Waals surface area contributed by atoms with E-state index in [2.05, 4.69) is 0 Å². The maximum atomic E-state index is 13.9. The third kappa shape index (κ3) is 5.57. The quantitative estimate of drug-likeness (QED) is 0.459. The average molecular weight is 482 g/mol. The maximum Gasteiger partial charge on any atom is 0.305 e. The average Bonchev–Trinajstić information content (AvgIpc) is 3.14. The molecule has 0 unspecified atom stereocenters. The molecule has 1 atom stereocenters. The molecule has 176 valence electrons. The van der Waals surface area contributed by atoms with Crippen LogP contribution >= 0.6 is 11.6 Å². The van der Waals surface area contributed by atoms with Crippen molar-refractivity contribution in [3.05, 3.63) is 99.8 Å². The van der Waals surface area contributed by atoms with E-state index in [1.54, 1.807) is 23.1 Å². The van der Waals surface area contributed by atoms with Gasteiger partial charge in [-0.05, 0) is 53.9 Å². The highest BCUT2D eigenvalue weighted by atomic mass is 35.5. The van der Waals surface area contributed by atoms with Gasteiger partial charge in [0, 0.05) is 31.5 Å². The Labute approximate surface area is 202 Å². The van der Waals surface area contributed by atoms with E-state index < -0.39 is 17.4 Å². The van der Waals surface area contributed by atoms with Gasteiger partial charge in [-0.3, -0.25) is 9.59 Å². The van der Waals surface area contributed by atoms with Crippen molar-refractivity contribution >= 4 is 23.5 Å². The summed E-state index contributed by atoms with van der Waals surface area (Å²) < 4.78 is 20.1. The van der Waals surface area contributed by atoms with Crippen molar-refractivity contribution in [1.82, 2.24) is 4.90 Å². The van der Waals surface area contributed by atoms with Crippen LogP contribution in [0, 0.1) is 5.82 Å². The van der Waals surface area contributed by atoms with Crippen molar-refractivity contribution in [2.45, 2.75) is 38.3 Å². The number of halogens is 2. The molecule has 1 N–H and O–H groups in total. The molecule has 7 heteroatoms. The number of rotatable bonds is 8. The molecule has 0 saturated heterocycles. The minimum absolute atomic E-state index is 0.0793. The Kier molecular flexibility index (Phi) is 6.89. The fourth-order valence-corrected chi connectivity index (χ4v) is 4.42. The van der Waals surface area contributed by atoms with Gasteiger partial charge in [-0.15, -0.1) is 0 Å². The lowest BCUT2D eigenvalue weighted by atomic mass is 9.91. The van der Waals surface area contributed by atoms with Gasteiger partial charge in [-0.2, -0.15) is 0 Å². The standard InChI is InChI=1S/C27H25ClFNO4/c1-27(15-19-7-9-22(28)23(29)13-19)16-21-14-20(8-10-24(21)34-27)26(33)30(12-11-25(31)32)17-18-5-3-2-4-6-18/h2-10,13-14H,11-12,15-17H2,1H3,(H,31,32)/t27-/m0/s1. The van der Waals surface area contributed by atoms with Gasteiger partial charge in [0.1, 0.15) is 17.2 Å². The van der Waals surface area contributed by atoms with Crippen molar-refractivity contribution in [2.75, 3.05) is 6.54 Å². The van der Waals surface area contributed by atoms with Crippen LogP contribution in [0.3, 0.4) is 0 Å². The summed E-state index contributed by atoms with van der Waals surface area (Å²) in [6, 6.07) is 19.5. The van der Waals surface area contributed by atoms with E-state index in [1.165, 1.54) is 12.1 Å². The molecule has 0 fully saturated rings. The number of amides is 1. The van der Waals surface area contributed by atoms with Gasteiger partial charge in [-0.25, -0.2) is 4.39 Å².